The Labute approximate surface area is 86.6 Å². The lowest BCUT2D eigenvalue weighted by atomic mass is 10.3. The van der Waals surface area contributed by atoms with Gasteiger partial charge in [-0.05, 0) is 19.9 Å². The Bertz CT molecular complexity index is 427. The first-order valence-corrected chi connectivity index (χ1v) is 4.57. The Kier molecular flexibility index (Phi) is 2.21. The molecule has 0 saturated carbocycles. The number of rotatable bonds is 1. The summed E-state index contributed by atoms with van der Waals surface area (Å²) < 4.78 is 1.58. The van der Waals surface area contributed by atoms with Crippen LogP contribution < -0.4 is 0 Å². The molecule has 0 unspecified atom stereocenters. The van der Waals surface area contributed by atoms with Crippen LogP contribution in [0.3, 0.4) is 0 Å². The van der Waals surface area contributed by atoms with Crippen molar-refractivity contribution in [3.63, 3.8) is 0 Å². The molecule has 4 nitrogen and oxygen atoms in total. The highest BCUT2D eigenvalue weighted by Crippen LogP contribution is 2.15. The van der Waals surface area contributed by atoms with Crippen LogP contribution in [0.4, 0.5) is 0 Å². The molecule has 0 fully saturated rings. The zero-order valence-electron chi connectivity index (χ0n) is 7.90. The van der Waals surface area contributed by atoms with Gasteiger partial charge in [-0.25, -0.2) is 9.67 Å². The van der Waals surface area contributed by atoms with Crippen molar-refractivity contribution in [3.05, 3.63) is 34.9 Å². The maximum atomic E-state index is 5.94. The molecular formula is C9H9ClN4. The van der Waals surface area contributed by atoms with Crippen LogP contribution in [-0.2, 0) is 0 Å². The molecule has 0 bridgehead atoms. The van der Waals surface area contributed by atoms with Gasteiger partial charge < -0.3 is 0 Å². The molecule has 72 valence electrons. The summed E-state index contributed by atoms with van der Waals surface area (Å²) in [5, 5.41) is 4.51. The number of nitrogens with zero attached hydrogens (tertiary/aromatic N) is 4. The predicted molar refractivity (Wildman–Crippen MR) is 53.6 cm³/mol. The van der Waals surface area contributed by atoms with Crippen LogP contribution >= 0.6 is 11.6 Å². The topological polar surface area (TPSA) is 43.6 Å². The molecule has 2 heterocycles. The average Bonchev–Trinajstić information content (AvgIpc) is 2.66. The van der Waals surface area contributed by atoms with Gasteiger partial charge in [-0.2, -0.15) is 10.1 Å². The summed E-state index contributed by atoms with van der Waals surface area (Å²) in [4.78, 5) is 8.41. The van der Waals surface area contributed by atoms with E-state index in [1.807, 2.05) is 19.9 Å². The normalized spacial score (nSPS) is 10.5. The van der Waals surface area contributed by atoms with E-state index in [0.717, 1.165) is 11.3 Å². The molecule has 0 aliphatic rings. The highest BCUT2D eigenvalue weighted by molar-refractivity contribution is 6.30. The average molecular weight is 209 g/mol. The molecule has 2 aromatic heterocycles. The fourth-order valence-electron chi connectivity index (χ4n) is 1.07. The van der Waals surface area contributed by atoms with Gasteiger partial charge in [0.25, 0.3) is 5.95 Å². The summed E-state index contributed by atoms with van der Waals surface area (Å²) >= 11 is 5.94. The van der Waals surface area contributed by atoms with Gasteiger partial charge in [-0.15, -0.1) is 0 Å². The second-order valence-electron chi connectivity index (χ2n) is 2.98. The van der Waals surface area contributed by atoms with Crippen molar-refractivity contribution in [1.29, 1.82) is 0 Å². The Hall–Kier alpha value is -1.42. The van der Waals surface area contributed by atoms with E-state index < -0.39 is 0 Å². The van der Waals surface area contributed by atoms with Gasteiger partial charge in [-0.3, -0.25) is 0 Å². The Balaban J connectivity index is 2.57. The van der Waals surface area contributed by atoms with Gasteiger partial charge in [-0.1, -0.05) is 11.6 Å². The van der Waals surface area contributed by atoms with E-state index in [4.69, 9.17) is 11.6 Å². The summed E-state index contributed by atoms with van der Waals surface area (Å²) in [5.41, 5.74) is 1.78. The lowest BCUT2D eigenvalue weighted by Gasteiger charge is -2.04. The number of halogens is 1. The standard InChI is InChI=1S/C9H9ClN4/c1-6-7(2)12-9(13-8(6)10)14-5-3-4-11-14/h3-5H,1-2H3. The maximum absolute atomic E-state index is 5.94. The number of aryl methyl sites for hydroxylation is 1. The zero-order chi connectivity index (χ0) is 10.1. The van der Waals surface area contributed by atoms with Gasteiger partial charge in [0.1, 0.15) is 5.15 Å². The largest absolute Gasteiger partial charge is 0.252 e. The van der Waals surface area contributed by atoms with Gasteiger partial charge >= 0.3 is 0 Å². The van der Waals surface area contributed by atoms with E-state index >= 15 is 0 Å². The van der Waals surface area contributed by atoms with Crippen molar-refractivity contribution >= 4 is 11.6 Å². The molecule has 0 radical (unpaired) electrons. The van der Waals surface area contributed by atoms with Crippen LogP contribution in [-0.4, -0.2) is 19.7 Å². The molecule has 2 aromatic rings. The van der Waals surface area contributed by atoms with Crippen molar-refractivity contribution in [2.75, 3.05) is 0 Å². The van der Waals surface area contributed by atoms with Crippen LogP contribution in [0.15, 0.2) is 18.5 Å². The molecule has 0 aliphatic heterocycles. The number of hydrogen-bond acceptors (Lipinski definition) is 3. The van der Waals surface area contributed by atoms with Gasteiger partial charge in [0.15, 0.2) is 0 Å². The minimum absolute atomic E-state index is 0.475. The number of aromatic nitrogens is 4. The van der Waals surface area contributed by atoms with Gasteiger partial charge in [0.2, 0.25) is 0 Å². The molecule has 0 N–H and O–H groups in total. The highest BCUT2D eigenvalue weighted by Gasteiger charge is 2.06. The second kappa shape index (κ2) is 3.38. The van der Waals surface area contributed by atoms with Gasteiger partial charge in [0.05, 0.1) is 0 Å². The molecule has 0 saturated heterocycles. The molecule has 0 spiro atoms. The quantitative estimate of drug-likeness (QED) is 0.673. The molecule has 5 heteroatoms. The monoisotopic (exact) mass is 208 g/mol. The van der Waals surface area contributed by atoms with Crippen molar-refractivity contribution in [2.45, 2.75) is 13.8 Å². The fourth-order valence-corrected chi connectivity index (χ4v) is 1.28. The molecule has 14 heavy (non-hydrogen) atoms. The van der Waals surface area contributed by atoms with Crippen LogP contribution in [0.2, 0.25) is 5.15 Å². The summed E-state index contributed by atoms with van der Waals surface area (Å²) in [6, 6.07) is 1.81. The van der Waals surface area contributed by atoms with Crippen LogP contribution in [0, 0.1) is 13.8 Å². The van der Waals surface area contributed by atoms with E-state index in [-0.39, 0.29) is 0 Å². The minimum Gasteiger partial charge on any atom is -0.216 e. The van der Waals surface area contributed by atoms with Crippen LogP contribution in [0.25, 0.3) is 5.95 Å². The van der Waals surface area contributed by atoms with E-state index in [1.165, 1.54) is 0 Å². The molecule has 0 aromatic carbocycles. The summed E-state index contributed by atoms with van der Waals surface area (Å²) in [5.74, 6) is 0.503. The van der Waals surface area contributed by atoms with Gasteiger partial charge in [0, 0.05) is 23.7 Å². The highest BCUT2D eigenvalue weighted by atomic mass is 35.5. The van der Waals surface area contributed by atoms with Crippen molar-refractivity contribution < 1.29 is 0 Å². The third kappa shape index (κ3) is 1.48. The molecular weight excluding hydrogens is 200 g/mol. The SMILES string of the molecule is Cc1nc(-n2cccn2)nc(Cl)c1C. The second-order valence-corrected chi connectivity index (χ2v) is 3.33. The summed E-state index contributed by atoms with van der Waals surface area (Å²) in [6.45, 7) is 3.79. The van der Waals surface area contributed by atoms with E-state index in [9.17, 15) is 0 Å². The van der Waals surface area contributed by atoms with Crippen LogP contribution in [0.5, 0.6) is 0 Å². The number of hydrogen-bond donors (Lipinski definition) is 0. The minimum atomic E-state index is 0.475. The first-order chi connectivity index (χ1) is 6.68. The molecule has 0 aliphatic carbocycles. The van der Waals surface area contributed by atoms with Crippen molar-refractivity contribution in [3.8, 4) is 5.95 Å². The third-order valence-corrected chi connectivity index (χ3v) is 2.40. The first-order valence-electron chi connectivity index (χ1n) is 4.19. The fraction of sp³-hybridized carbons (Fsp3) is 0.222. The van der Waals surface area contributed by atoms with Crippen LogP contribution in [0.1, 0.15) is 11.3 Å². The lowest BCUT2D eigenvalue weighted by molar-refractivity contribution is 0.797. The van der Waals surface area contributed by atoms with Crippen molar-refractivity contribution in [1.82, 2.24) is 19.7 Å². The molecule has 0 atom stereocenters. The summed E-state index contributed by atoms with van der Waals surface area (Å²) in [7, 11) is 0. The lowest BCUT2D eigenvalue weighted by Crippen LogP contribution is -2.04. The van der Waals surface area contributed by atoms with E-state index in [0.29, 0.717) is 11.1 Å². The Morgan fingerprint density at radius 2 is 2.07 bits per heavy atom. The molecule has 0 amide bonds. The van der Waals surface area contributed by atoms with E-state index in [2.05, 4.69) is 15.1 Å². The zero-order valence-corrected chi connectivity index (χ0v) is 8.65. The predicted octanol–water partition coefficient (Wildman–Crippen LogP) is 1.93. The Morgan fingerprint density at radius 3 is 2.64 bits per heavy atom. The van der Waals surface area contributed by atoms with E-state index in [1.54, 1.807) is 17.1 Å². The summed E-state index contributed by atoms with van der Waals surface area (Å²) in [6.07, 6.45) is 3.45. The smallest absolute Gasteiger partial charge is 0.216 e. The first kappa shape index (κ1) is 9.15. The third-order valence-electron chi connectivity index (χ3n) is 2.03. The maximum Gasteiger partial charge on any atom is 0.252 e. The molecule has 2 rings (SSSR count). The Morgan fingerprint density at radius 1 is 1.29 bits per heavy atom. The van der Waals surface area contributed by atoms with Crippen molar-refractivity contribution in [2.24, 2.45) is 0 Å².